The van der Waals surface area contributed by atoms with E-state index in [0.717, 1.165) is 16.8 Å². The first-order valence-corrected chi connectivity index (χ1v) is 9.89. The van der Waals surface area contributed by atoms with Gasteiger partial charge in [-0.05, 0) is 29.3 Å². The van der Waals surface area contributed by atoms with E-state index >= 15 is 0 Å². The smallest absolute Gasteiger partial charge is 0.230 e. The number of carbonyl (C=O) groups excluding carboxylic acids is 1. The molecule has 0 aliphatic heterocycles. The van der Waals surface area contributed by atoms with Crippen molar-refractivity contribution in [2.75, 3.05) is 5.75 Å². The van der Waals surface area contributed by atoms with Crippen molar-refractivity contribution in [3.63, 3.8) is 0 Å². The third-order valence-corrected chi connectivity index (χ3v) is 5.48. The van der Waals surface area contributed by atoms with Crippen LogP contribution in [0.4, 0.5) is 0 Å². The minimum absolute atomic E-state index is 0.00417. The molecule has 1 amide bonds. The number of nitrogens with zero attached hydrogens (tertiary/aromatic N) is 2. The lowest BCUT2D eigenvalue weighted by Gasteiger charge is -2.11. The van der Waals surface area contributed by atoms with Gasteiger partial charge in [-0.3, -0.25) is 4.79 Å². The van der Waals surface area contributed by atoms with Crippen LogP contribution >= 0.6 is 35.0 Å². The molecule has 7 heteroatoms. The van der Waals surface area contributed by atoms with Gasteiger partial charge in [-0.2, -0.15) is 0 Å². The van der Waals surface area contributed by atoms with Gasteiger partial charge in [0.25, 0.3) is 0 Å². The zero-order chi connectivity index (χ0) is 18.4. The zero-order valence-electron chi connectivity index (χ0n) is 13.9. The Bertz CT molecular complexity index is 884. The molecule has 26 heavy (non-hydrogen) atoms. The molecule has 2 aromatic carbocycles. The standard InChI is InChI=1S/C19H17Cl2N3OS/c20-16-6-5-14(9-17(16)21)11-26-12-19(25)23-10-15-3-1-2-4-18(15)24-8-7-22-13-24/h1-9,13H,10-12H2,(H,23,25). The van der Waals surface area contributed by atoms with Gasteiger partial charge in [0.2, 0.25) is 5.91 Å². The molecule has 4 nitrogen and oxygen atoms in total. The van der Waals surface area contributed by atoms with Crippen LogP contribution in [0.5, 0.6) is 0 Å². The summed E-state index contributed by atoms with van der Waals surface area (Å²) in [6.45, 7) is 0.473. The minimum Gasteiger partial charge on any atom is -0.351 e. The van der Waals surface area contributed by atoms with E-state index in [-0.39, 0.29) is 5.91 Å². The number of para-hydroxylation sites is 1. The van der Waals surface area contributed by atoms with Crippen molar-refractivity contribution in [3.8, 4) is 5.69 Å². The Kier molecular flexibility index (Phi) is 6.61. The van der Waals surface area contributed by atoms with Crippen molar-refractivity contribution in [2.24, 2.45) is 0 Å². The Morgan fingerprint density at radius 2 is 2.00 bits per heavy atom. The Labute approximate surface area is 166 Å². The monoisotopic (exact) mass is 405 g/mol. The summed E-state index contributed by atoms with van der Waals surface area (Å²) in [4.78, 5) is 16.2. The maximum absolute atomic E-state index is 12.1. The summed E-state index contributed by atoms with van der Waals surface area (Å²) in [6.07, 6.45) is 5.36. The van der Waals surface area contributed by atoms with Gasteiger partial charge < -0.3 is 9.88 Å². The normalized spacial score (nSPS) is 10.7. The summed E-state index contributed by atoms with van der Waals surface area (Å²) in [5.74, 6) is 1.08. The van der Waals surface area contributed by atoms with Crippen LogP contribution in [0.15, 0.2) is 61.2 Å². The average molecular weight is 406 g/mol. The number of nitrogens with one attached hydrogen (secondary N) is 1. The molecule has 0 saturated carbocycles. The van der Waals surface area contributed by atoms with Crippen molar-refractivity contribution in [2.45, 2.75) is 12.3 Å². The highest BCUT2D eigenvalue weighted by Crippen LogP contribution is 2.24. The van der Waals surface area contributed by atoms with E-state index in [9.17, 15) is 4.79 Å². The van der Waals surface area contributed by atoms with Crippen LogP contribution in [0, 0.1) is 0 Å². The van der Waals surface area contributed by atoms with Crippen LogP contribution in [0.1, 0.15) is 11.1 Å². The number of amides is 1. The number of thioether (sulfide) groups is 1. The number of imidazole rings is 1. The van der Waals surface area contributed by atoms with Crippen LogP contribution in [-0.2, 0) is 17.1 Å². The molecule has 0 unspecified atom stereocenters. The van der Waals surface area contributed by atoms with E-state index in [1.54, 1.807) is 18.6 Å². The zero-order valence-corrected chi connectivity index (χ0v) is 16.2. The maximum atomic E-state index is 12.1. The van der Waals surface area contributed by atoms with Crippen molar-refractivity contribution in [3.05, 3.63) is 82.4 Å². The molecule has 0 aliphatic carbocycles. The van der Waals surface area contributed by atoms with Gasteiger partial charge in [-0.1, -0.05) is 47.5 Å². The lowest BCUT2D eigenvalue weighted by Crippen LogP contribution is -2.25. The second-order valence-electron chi connectivity index (χ2n) is 5.62. The van der Waals surface area contributed by atoms with Crippen molar-refractivity contribution >= 4 is 40.9 Å². The van der Waals surface area contributed by atoms with Crippen LogP contribution in [0.25, 0.3) is 5.69 Å². The lowest BCUT2D eigenvalue weighted by atomic mass is 10.1. The molecule has 3 aromatic rings. The Balaban J connectivity index is 1.50. The first-order chi connectivity index (χ1) is 12.6. The number of benzene rings is 2. The largest absolute Gasteiger partial charge is 0.351 e. The van der Waals surface area contributed by atoms with Gasteiger partial charge in [0.1, 0.15) is 0 Å². The number of hydrogen-bond donors (Lipinski definition) is 1. The quantitative estimate of drug-likeness (QED) is 0.617. The van der Waals surface area contributed by atoms with Crippen molar-refractivity contribution < 1.29 is 4.79 Å². The molecule has 0 saturated heterocycles. The third kappa shape index (κ3) is 5.04. The van der Waals surface area contributed by atoms with E-state index in [1.165, 1.54) is 11.8 Å². The maximum Gasteiger partial charge on any atom is 0.230 e. The fraction of sp³-hybridized carbons (Fsp3) is 0.158. The first-order valence-electron chi connectivity index (χ1n) is 7.98. The first kappa shape index (κ1) is 18.8. The van der Waals surface area contributed by atoms with Gasteiger partial charge in [0.15, 0.2) is 0 Å². The number of rotatable bonds is 7. The van der Waals surface area contributed by atoms with E-state index in [0.29, 0.717) is 28.1 Å². The number of carbonyl (C=O) groups is 1. The fourth-order valence-electron chi connectivity index (χ4n) is 2.45. The molecule has 1 heterocycles. The molecular formula is C19H17Cl2N3OS. The molecule has 0 bridgehead atoms. The van der Waals surface area contributed by atoms with E-state index < -0.39 is 0 Å². The molecule has 0 atom stereocenters. The SMILES string of the molecule is O=C(CSCc1ccc(Cl)c(Cl)c1)NCc1ccccc1-n1ccnc1. The van der Waals surface area contributed by atoms with Gasteiger partial charge >= 0.3 is 0 Å². The highest BCUT2D eigenvalue weighted by molar-refractivity contribution is 7.99. The van der Waals surface area contributed by atoms with E-state index in [4.69, 9.17) is 23.2 Å². The number of aromatic nitrogens is 2. The Hall–Kier alpha value is -1.95. The predicted molar refractivity (Wildman–Crippen MR) is 108 cm³/mol. The predicted octanol–water partition coefficient (Wildman–Crippen LogP) is 4.73. The van der Waals surface area contributed by atoms with Crippen LogP contribution in [-0.4, -0.2) is 21.2 Å². The molecule has 0 spiro atoms. The number of hydrogen-bond acceptors (Lipinski definition) is 3. The van der Waals surface area contributed by atoms with Gasteiger partial charge in [-0.15, -0.1) is 11.8 Å². The molecule has 1 aromatic heterocycles. The average Bonchev–Trinajstić information content (AvgIpc) is 3.18. The lowest BCUT2D eigenvalue weighted by molar-refractivity contribution is -0.118. The van der Waals surface area contributed by atoms with Crippen molar-refractivity contribution in [1.29, 1.82) is 0 Å². The molecular weight excluding hydrogens is 389 g/mol. The second kappa shape index (κ2) is 9.12. The summed E-state index contributed by atoms with van der Waals surface area (Å²) >= 11 is 13.4. The summed E-state index contributed by atoms with van der Waals surface area (Å²) in [7, 11) is 0. The van der Waals surface area contributed by atoms with Gasteiger partial charge in [0, 0.05) is 24.7 Å². The Morgan fingerprint density at radius 1 is 1.15 bits per heavy atom. The molecule has 0 fully saturated rings. The molecule has 0 aliphatic rings. The van der Waals surface area contributed by atoms with Gasteiger partial charge in [0.05, 0.1) is 27.8 Å². The second-order valence-corrected chi connectivity index (χ2v) is 7.42. The highest BCUT2D eigenvalue weighted by atomic mass is 35.5. The molecule has 0 radical (unpaired) electrons. The van der Waals surface area contributed by atoms with Gasteiger partial charge in [-0.25, -0.2) is 4.98 Å². The summed E-state index contributed by atoms with van der Waals surface area (Å²) in [5.41, 5.74) is 3.09. The molecule has 3 rings (SSSR count). The summed E-state index contributed by atoms with van der Waals surface area (Å²) in [6, 6.07) is 13.4. The highest BCUT2D eigenvalue weighted by Gasteiger charge is 2.07. The summed E-state index contributed by atoms with van der Waals surface area (Å²) in [5, 5.41) is 4.04. The van der Waals surface area contributed by atoms with Crippen LogP contribution in [0.2, 0.25) is 10.0 Å². The third-order valence-electron chi connectivity index (χ3n) is 3.74. The Morgan fingerprint density at radius 3 is 2.77 bits per heavy atom. The van der Waals surface area contributed by atoms with Crippen molar-refractivity contribution in [1.82, 2.24) is 14.9 Å². The molecule has 1 N–H and O–H groups in total. The number of halogens is 2. The summed E-state index contributed by atoms with van der Waals surface area (Å²) < 4.78 is 1.93. The fourth-order valence-corrected chi connectivity index (χ4v) is 3.58. The van der Waals surface area contributed by atoms with Crippen LogP contribution in [0.3, 0.4) is 0 Å². The van der Waals surface area contributed by atoms with Crippen LogP contribution < -0.4 is 5.32 Å². The molecule has 134 valence electrons. The van der Waals surface area contributed by atoms with E-state index in [2.05, 4.69) is 10.3 Å². The minimum atomic E-state index is -0.00417. The topological polar surface area (TPSA) is 46.9 Å². The van der Waals surface area contributed by atoms with E-state index in [1.807, 2.05) is 47.2 Å².